The maximum Gasteiger partial charge on any atom is 0.324 e. The molecule has 194 valence electrons. The number of benzene rings is 2. The number of carbonyl (C=O) groups excluding carboxylic acids is 2. The number of likely N-dealkylation sites (tertiary alicyclic amines) is 1. The minimum atomic E-state index is -1.51. The number of ether oxygens (including phenoxy) is 2. The van der Waals surface area contributed by atoms with Crippen LogP contribution in [0.3, 0.4) is 0 Å². The van der Waals surface area contributed by atoms with Crippen molar-refractivity contribution in [2.24, 2.45) is 17.8 Å². The van der Waals surface area contributed by atoms with E-state index < -0.39 is 35.3 Å². The number of nitrogens with one attached hydrogen (secondary N) is 1. The smallest absolute Gasteiger partial charge is 0.324 e. The van der Waals surface area contributed by atoms with E-state index in [4.69, 9.17) is 9.47 Å². The summed E-state index contributed by atoms with van der Waals surface area (Å²) in [4.78, 5) is 42.2. The van der Waals surface area contributed by atoms with Gasteiger partial charge in [0.05, 0.1) is 18.4 Å². The third kappa shape index (κ3) is 4.07. The van der Waals surface area contributed by atoms with Crippen LogP contribution in [0, 0.1) is 17.8 Å². The Hall–Kier alpha value is -3.39. The maximum atomic E-state index is 13.9. The minimum absolute atomic E-state index is 0.137. The standard InChI is InChI=1S/C29H32N2O6/c32-26-23-24(27(33)31(26)17-19-9-5-2-6-10-19)29(28(34)35,16-18-7-3-1-4-8-18)30-25(23)20-11-12-21-22(15-20)37-14-13-36-21/h2,5-6,9-12,15,18,23-25,30H,1,3-4,7-8,13-14,16-17H2,(H,34,35). The second-order valence-electron chi connectivity index (χ2n) is 10.8. The number of carbonyl (C=O) groups is 3. The van der Waals surface area contributed by atoms with Crippen LogP contribution in [0.5, 0.6) is 11.5 Å². The number of rotatable bonds is 6. The zero-order valence-corrected chi connectivity index (χ0v) is 20.7. The van der Waals surface area contributed by atoms with Crippen LogP contribution in [0.1, 0.15) is 55.7 Å². The molecule has 3 fully saturated rings. The van der Waals surface area contributed by atoms with Crippen LogP contribution in [-0.2, 0) is 20.9 Å². The SMILES string of the molecule is O=C1C2C(c3ccc4c(c3)OCCO4)NC(CC3CCCCC3)(C(=O)O)C2C(=O)N1Cc1ccccc1. The largest absolute Gasteiger partial charge is 0.486 e. The number of carboxylic acid groups (broad SMARTS) is 1. The van der Waals surface area contributed by atoms with E-state index in [1.54, 1.807) is 6.07 Å². The summed E-state index contributed by atoms with van der Waals surface area (Å²) in [6.45, 7) is 1.02. The van der Waals surface area contributed by atoms with Gasteiger partial charge in [-0.25, -0.2) is 0 Å². The fourth-order valence-corrected chi connectivity index (χ4v) is 6.84. The van der Waals surface area contributed by atoms with E-state index in [-0.39, 0.29) is 18.4 Å². The summed E-state index contributed by atoms with van der Waals surface area (Å²) < 4.78 is 11.4. The van der Waals surface area contributed by atoms with Crippen molar-refractivity contribution in [3.05, 3.63) is 59.7 Å². The second-order valence-corrected chi connectivity index (χ2v) is 10.8. The predicted octanol–water partition coefficient (Wildman–Crippen LogP) is 3.70. The van der Waals surface area contributed by atoms with E-state index in [9.17, 15) is 19.5 Å². The van der Waals surface area contributed by atoms with E-state index in [1.165, 1.54) is 4.90 Å². The number of nitrogens with zero attached hydrogens (tertiary/aromatic N) is 1. The first kappa shape index (κ1) is 24.0. The Labute approximate surface area is 215 Å². The summed E-state index contributed by atoms with van der Waals surface area (Å²) in [5.74, 6) is -2.17. The van der Waals surface area contributed by atoms with Crippen molar-refractivity contribution < 1.29 is 29.0 Å². The Morgan fingerprint density at radius 1 is 0.973 bits per heavy atom. The van der Waals surface area contributed by atoms with E-state index in [2.05, 4.69) is 5.32 Å². The lowest BCUT2D eigenvalue weighted by Crippen LogP contribution is -2.56. The quantitative estimate of drug-likeness (QED) is 0.578. The number of fused-ring (bicyclic) bond motifs is 2. The molecule has 1 saturated carbocycles. The monoisotopic (exact) mass is 504 g/mol. The molecule has 2 N–H and O–H groups in total. The van der Waals surface area contributed by atoms with Crippen molar-refractivity contribution in [1.82, 2.24) is 10.2 Å². The van der Waals surface area contributed by atoms with Crippen LogP contribution in [0.15, 0.2) is 48.5 Å². The summed E-state index contributed by atoms with van der Waals surface area (Å²) in [5, 5.41) is 14.0. The first-order valence-electron chi connectivity index (χ1n) is 13.3. The molecule has 0 radical (unpaired) electrons. The van der Waals surface area contributed by atoms with Crippen molar-refractivity contribution in [1.29, 1.82) is 0 Å². The summed E-state index contributed by atoms with van der Waals surface area (Å²) >= 11 is 0. The highest BCUT2D eigenvalue weighted by molar-refractivity contribution is 6.09. The van der Waals surface area contributed by atoms with Gasteiger partial charge in [-0.15, -0.1) is 0 Å². The first-order chi connectivity index (χ1) is 18.0. The molecule has 6 rings (SSSR count). The van der Waals surface area contributed by atoms with Crippen LogP contribution in [0.2, 0.25) is 0 Å². The van der Waals surface area contributed by atoms with Gasteiger partial charge in [-0.3, -0.25) is 24.6 Å². The Kier molecular flexibility index (Phi) is 6.15. The zero-order chi connectivity index (χ0) is 25.6. The lowest BCUT2D eigenvalue weighted by molar-refractivity contribution is -0.152. The van der Waals surface area contributed by atoms with Crippen molar-refractivity contribution in [3.63, 3.8) is 0 Å². The summed E-state index contributed by atoms with van der Waals surface area (Å²) in [6.07, 6.45) is 5.50. The molecule has 0 bridgehead atoms. The molecule has 4 aliphatic rings. The molecule has 4 atom stereocenters. The van der Waals surface area contributed by atoms with Crippen LogP contribution in [-0.4, -0.2) is 46.5 Å². The van der Waals surface area contributed by atoms with Crippen LogP contribution >= 0.6 is 0 Å². The third-order valence-electron chi connectivity index (χ3n) is 8.57. The Bertz CT molecular complexity index is 1210. The lowest BCUT2D eigenvalue weighted by Gasteiger charge is -2.35. The topological polar surface area (TPSA) is 105 Å². The maximum absolute atomic E-state index is 13.9. The van der Waals surface area contributed by atoms with Gasteiger partial charge >= 0.3 is 5.97 Å². The van der Waals surface area contributed by atoms with Crippen LogP contribution < -0.4 is 14.8 Å². The van der Waals surface area contributed by atoms with Gasteiger partial charge in [-0.1, -0.05) is 68.5 Å². The van der Waals surface area contributed by atoms with Gasteiger partial charge in [-0.05, 0) is 35.6 Å². The van der Waals surface area contributed by atoms with Crippen molar-refractivity contribution >= 4 is 17.8 Å². The normalized spacial score (nSPS) is 29.4. The van der Waals surface area contributed by atoms with Gasteiger partial charge in [0.15, 0.2) is 11.5 Å². The highest BCUT2D eigenvalue weighted by atomic mass is 16.6. The molecule has 3 heterocycles. The molecule has 0 aromatic heterocycles. The lowest BCUT2D eigenvalue weighted by atomic mass is 9.72. The zero-order valence-electron chi connectivity index (χ0n) is 20.7. The third-order valence-corrected chi connectivity index (χ3v) is 8.57. The molecule has 2 saturated heterocycles. The van der Waals surface area contributed by atoms with Crippen molar-refractivity contribution in [2.75, 3.05) is 13.2 Å². The van der Waals surface area contributed by atoms with Crippen LogP contribution in [0.25, 0.3) is 0 Å². The Morgan fingerprint density at radius 3 is 2.43 bits per heavy atom. The van der Waals surface area contributed by atoms with Gasteiger partial charge in [0.25, 0.3) is 0 Å². The second kappa shape index (κ2) is 9.49. The molecule has 3 aliphatic heterocycles. The van der Waals surface area contributed by atoms with Crippen molar-refractivity contribution in [2.45, 2.75) is 56.7 Å². The fraction of sp³-hybridized carbons (Fsp3) is 0.483. The number of amides is 2. The minimum Gasteiger partial charge on any atom is -0.486 e. The van der Waals surface area contributed by atoms with E-state index in [0.29, 0.717) is 31.1 Å². The summed E-state index contributed by atoms with van der Waals surface area (Å²) in [5.41, 5.74) is 0.0536. The number of aliphatic carboxylic acids is 1. The summed E-state index contributed by atoms with van der Waals surface area (Å²) in [6, 6.07) is 14.2. The van der Waals surface area contributed by atoms with E-state index in [1.807, 2.05) is 42.5 Å². The average Bonchev–Trinajstić information content (AvgIpc) is 3.39. The highest BCUT2D eigenvalue weighted by Crippen LogP contribution is 2.53. The molecule has 4 unspecified atom stereocenters. The van der Waals surface area contributed by atoms with Crippen LogP contribution in [0.4, 0.5) is 0 Å². The molecular weight excluding hydrogens is 472 g/mol. The molecule has 1 aliphatic carbocycles. The van der Waals surface area contributed by atoms with Gasteiger partial charge < -0.3 is 14.6 Å². The first-order valence-corrected chi connectivity index (χ1v) is 13.3. The highest BCUT2D eigenvalue weighted by Gasteiger charge is 2.68. The molecule has 8 heteroatoms. The fourth-order valence-electron chi connectivity index (χ4n) is 6.84. The average molecular weight is 505 g/mol. The molecule has 0 spiro atoms. The van der Waals surface area contributed by atoms with E-state index >= 15 is 0 Å². The molecule has 2 aromatic rings. The molecular formula is C29H32N2O6. The Balaban J connectivity index is 1.41. The van der Waals surface area contributed by atoms with Gasteiger partial charge in [0.2, 0.25) is 11.8 Å². The Morgan fingerprint density at radius 2 is 1.70 bits per heavy atom. The van der Waals surface area contributed by atoms with E-state index in [0.717, 1.165) is 43.2 Å². The number of carboxylic acids is 1. The number of hydrogen-bond acceptors (Lipinski definition) is 6. The van der Waals surface area contributed by atoms with Gasteiger partial charge in [0.1, 0.15) is 18.8 Å². The predicted molar refractivity (Wildman–Crippen MR) is 134 cm³/mol. The van der Waals surface area contributed by atoms with Crippen molar-refractivity contribution in [3.8, 4) is 11.5 Å². The molecule has 2 amide bonds. The summed E-state index contributed by atoms with van der Waals surface area (Å²) in [7, 11) is 0. The number of hydrogen-bond donors (Lipinski definition) is 2. The molecule has 8 nitrogen and oxygen atoms in total. The van der Waals surface area contributed by atoms with Gasteiger partial charge in [0, 0.05) is 6.04 Å². The molecule has 2 aromatic carbocycles. The van der Waals surface area contributed by atoms with Gasteiger partial charge in [-0.2, -0.15) is 0 Å². The molecule has 37 heavy (non-hydrogen) atoms. The number of imide groups is 1.